The molecule has 1 fully saturated rings. The highest BCUT2D eigenvalue weighted by Gasteiger charge is 2.24. The summed E-state index contributed by atoms with van der Waals surface area (Å²) in [5.41, 5.74) is 2.89. The molecule has 27 heavy (non-hydrogen) atoms. The molecule has 0 aliphatic heterocycles. The van der Waals surface area contributed by atoms with Crippen molar-refractivity contribution in [1.82, 2.24) is 24.4 Å². The van der Waals surface area contributed by atoms with E-state index in [0.717, 1.165) is 24.0 Å². The predicted molar refractivity (Wildman–Crippen MR) is 105 cm³/mol. The minimum atomic E-state index is 0.0734. The molecule has 0 radical (unpaired) electrons. The second kappa shape index (κ2) is 7.64. The van der Waals surface area contributed by atoms with E-state index in [0.29, 0.717) is 28.9 Å². The number of nitrogens with zero attached hydrogens (tertiary/aromatic N) is 5. The van der Waals surface area contributed by atoms with Crippen molar-refractivity contribution in [3.8, 4) is 0 Å². The third-order valence-electron chi connectivity index (χ3n) is 5.40. The van der Waals surface area contributed by atoms with E-state index in [1.54, 1.807) is 6.33 Å². The summed E-state index contributed by atoms with van der Waals surface area (Å²) in [7, 11) is 1.92. The Labute approximate surface area is 163 Å². The predicted octanol–water partition coefficient (Wildman–Crippen LogP) is 3.93. The Morgan fingerprint density at radius 1 is 1.19 bits per heavy atom. The van der Waals surface area contributed by atoms with Gasteiger partial charge in [0.15, 0.2) is 10.8 Å². The Bertz CT molecular complexity index is 964. The Hall–Kier alpha value is -2.47. The van der Waals surface area contributed by atoms with Crippen molar-refractivity contribution in [2.24, 2.45) is 0 Å². The Kier molecular flexibility index (Phi) is 5.07. The molecule has 1 amide bonds. The minimum Gasteiger partial charge on any atom is -0.339 e. The van der Waals surface area contributed by atoms with Crippen LogP contribution in [0, 0.1) is 0 Å². The zero-order valence-electron chi connectivity index (χ0n) is 15.3. The third kappa shape index (κ3) is 3.54. The van der Waals surface area contributed by atoms with Crippen molar-refractivity contribution in [3.63, 3.8) is 0 Å². The normalized spacial score (nSPS) is 15.2. The molecule has 140 valence electrons. The number of halogens is 1. The molecule has 1 aromatic carbocycles. The van der Waals surface area contributed by atoms with Crippen LogP contribution in [-0.4, -0.2) is 43.4 Å². The molecule has 2 aromatic heterocycles. The maximum absolute atomic E-state index is 13.2. The van der Waals surface area contributed by atoms with Gasteiger partial charge in [-0.1, -0.05) is 49.1 Å². The molecule has 1 aliphatic carbocycles. The van der Waals surface area contributed by atoms with Crippen LogP contribution in [0.25, 0.3) is 11.2 Å². The number of amides is 1. The molecule has 7 heteroatoms. The van der Waals surface area contributed by atoms with Crippen LogP contribution >= 0.6 is 11.6 Å². The van der Waals surface area contributed by atoms with E-state index in [1.807, 2.05) is 40.8 Å². The molecule has 1 saturated carbocycles. The van der Waals surface area contributed by atoms with Gasteiger partial charge >= 0.3 is 0 Å². The molecular formula is C20H22ClN5O. The smallest absolute Gasteiger partial charge is 0.254 e. The highest BCUT2D eigenvalue weighted by Crippen LogP contribution is 2.25. The van der Waals surface area contributed by atoms with Gasteiger partial charge in [0.25, 0.3) is 5.91 Å². The van der Waals surface area contributed by atoms with Gasteiger partial charge in [0.05, 0.1) is 12.9 Å². The molecular weight excluding hydrogens is 362 g/mol. The highest BCUT2D eigenvalue weighted by atomic mass is 35.5. The van der Waals surface area contributed by atoms with Crippen LogP contribution in [0.3, 0.4) is 0 Å². The van der Waals surface area contributed by atoms with Crippen molar-refractivity contribution in [2.75, 3.05) is 7.05 Å². The number of imidazole rings is 1. The number of fused-ring (bicyclic) bond motifs is 1. The van der Waals surface area contributed by atoms with Gasteiger partial charge in [-0.15, -0.1) is 0 Å². The summed E-state index contributed by atoms with van der Waals surface area (Å²) in [5.74, 6) is 0.0734. The third-order valence-corrected chi connectivity index (χ3v) is 5.67. The van der Waals surface area contributed by atoms with E-state index in [-0.39, 0.29) is 5.91 Å². The molecule has 0 N–H and O–H groups in total. The number of hydrogen-bond acceptors (Lipinski definition) is 4. The summed E-state index contributed by atoms with van der Waals surface area (Å²) in [6, 6.07) is 8.06. The van der Waals surface area contributed by atoms with Crippen molar-refractivity contribution < 1.29 is 4.79 Å². The van der Waals surface area contributed by atoms with E-state index in [9.17, 15) is 4.79 Å². The fourth-order valence-electron chi connectivity index (χ4n) is 3.87. The lowest BCUT2D eigenvalue weighted by atomic mass is 9.93. The molecule has 0 atom stereocenters. The van der Waals surface area contributed by atoms with Crippen LogP contribution in [0.15, 0.2) is 36.9 Å². The molecule has 2 heterocycles. The monoisotopic (exact) mass is 383 g/mol. The molecule has 0 saturated heterocycles. The SMILES string of the molecule is CN(C(=O)c1ccccc1Cn1cnc2ncnc(Cl)c21)C1CCCCC1. The maximum Gasteiger partial charge on any atom is 0.254 e. The topological polar surface area (TPSA) is 63.9 Å². The van der Waals surface area contributed by atoms with Gasteiger partial charge in [-0.05, 0) is 24.5 Å². The highest BCUT2D eigenvalue weighted by molar-refractivity contribution is 6.33. The molecule has 3 aromatic rings. The molecule has 6 nitrogen and oxygen atoms in total. The first-order chi connectivity index (χ1) is 13.1. The largest absolute Gasteiger partial charge is 0.339 e. The van der Waals surface area contributed by atoms with Gasteiger partial charge in [-0.25, -0.2) is 15.0 Å². The molecule has 4 rings (SSSR count). The molecule has 1 aliphatic rings. The first kappa shape index (κ1) is 17.9. The number of carbonyl (C=O) groups is 1. The number of aromatic nitrogens is 4. The van der Waals surface area contributed by atoms with Gasteiger partial charge in [-0.2, -0.15) is 0 Å². The van der Waals surface area contributed by atoms with Crippen LogP contribution in [-0.2, 0) is 6.54 Å². The quantitative estimate of drug-likeness (QED) is 0.640. The first-order valence-corrected chi connectivity index (χ1v) is 9.69. The zero-order chi connectivity index (χ0) is 18.8. The van der Waals surface area contributed by atoms with Crippen molar-refractivity contribution in [1.29, 1.82) is 0 Å². The van der Waals surface area contributed by atoms with E-state index in [1.165, 1.54) is 25.6 Å². The lowest BCUT2D eigenvalue weighted by molar-refractivity contribution is 0.0695. The van der Waals surface area contributed by atoms with Crippen LogP contribution < -0.4 is 0 Å². The summed E-state index contributed by atoms with van der Waals surface area (Å²) in [5, 5.41) is 0.362. The standard InChI is InChI=1S/C20H22ClN5O/c1-25(15-8-3-2-4-9-15)20(27)16-10-6-5-7-14(16)11-26-13-24-19-17(26)18(21)22-12-23-19/h5-7,10,12-13,15H,2-4,8-9,11H2,1H3. The van der Waals surface area contributed by atoms with Crippen LogP contribution in [0.1, 0.15) is 48.0 Å². The summed E-state index contributed by atoms with van der Waals surface area (Å²) >= 11 is 6.24. The average molecular weight is 384 g/mol. The van der Waals surface area contributed by atoms with Crippen molar-refractivity contribution in [3.05, 3.63) is 53.2 Å². The van der Waals surface area contributed by atoms with E-state index < -0.39 is 0 Å². The van der Waals surface area contributed by atoms with Crippen LogP contribution in [0.4, 0.5) is 0 Å². The Balaban J connectivity index is 1.63. The number of hydrogen-bond donors (Lipinski definition) is 0. The Morgan fingerprint density at radius 3 is 2.78 bits per heavy atom. The first-order valence-electron chi connectivity index (χ1n) is 9.31. The Morgan fingerprint density at radius 2 is 1.96 bits per heavy atom. The number of benzene rings is 1. The van der Waals surface area contributed by atoms with Gasteiger partial charge in [0.1, 0.15) is 11.8 Å². The van der Waals surface area contributed by atoms with E-state index in [2.05, 4.69) is 15.0 Å². The van der Waals surface area contributed by atoms with Crippen LogP contribution in [0.5, 0.6) is 0 Å². The van der Waals surface area contributed by atoms with Gasteiger partial charge in [0.2, 0.25) is 0 Å². The summed E-state index contributed by atoms with van der Waals surface area (Å²) < 4.78 is 1.89. The van der Waals surface area contributed by atoms with Gasteiger partial charge in [-0.3, -0.25) is 4.79 Å². The molecule has 0 bridgehead atoms. The van der Waals surface area contributed by atoms with Gasteiger partial charge < -0.3 is 9.47 Å². The van der Waals surface area contributed by atoms with Crippen LogP contribution in [0.2, 0.25) is 5.15 Å². The molecule has 0 unspecified atom stereocenters. The number of carbonyl (C=O) groups excluding carboxylic acids is 1. The summed E-state index contributed by atoms with van der Waals surface area (Å²) in [4.78, 5) is 27.6. The summed E-state index contributed by atoms with van der Waals surface area (Å²) in [6.07, 6.45) is 8.93. The fourth-order valence-corrected chi connectivity index (χ4v) is 4.10. The lowest BCUT2D eigenvalue weighted by Crippen LogP contribution is -2.38. The van der Waals surface area contributed by atoms with Gasteiger partial charge in [0, 0.05) is 18.7 Å². The lowest BCUT2D eigenvalue weighted by Gasteiger charge is -2.31. The molecule has 0 spiro atoms. The zero-order valence-corrected chi connectivity index (χ0v) is 16.1. The van der Waals surface area contributed by atoms with Crippen molar-refractivity contribution >= 4 is 28.7 Å². The fraction of sp³-hybridized carbons (Fsp3) is 0.400. The van der Waals surface area contributed by atoms with E-state index in [4.69, 9.17) is 11.6 Å². The van der Waals surface area contributed by atoms with Crippen molar-refractivity contribution in [2.45, 2.75) is 44.7 Å². The van der Waals surface area contributed by atoms with E-state index >= 15 is 0 Å². The maximum atomic E-state index is 13.2. The second-order valence-corrected chi connectivity index (χ2v) is 7.43. The summed E-state index contributed by atoms with van der Waals surface area (Å²) in [6.45, 7) is 0.490. The average Bonchev–Trinajstić information content (AvgIpc) is 3.12. The second-order valence-electron chi connectivity index (χ2n) is 7.07. The number of rotatable bonds is 4. The minimum absolute atomic E-state index is 0.0734.